The lowest BCUT2D eigenvalue weighted by atomic mass is 10.0. The summed E-state index contributed by atoms with van der Waals surface area (Å²) in [5.74, 6) is -2.01. The molecule has 0 bridgehead atoms. The molecule has 2 aliphatic rings. The minimum Gasteiger partial charge on any atom is -0.480 e. The first kappa shape index (κ1) is 23.2. The summed E-state index contributed by atoms with van der Waals surface area (Å²) >= 11 is 0. The number of fused-ring (bicyclic) bond motifs is 1. The summed E-state index contributed by atoms with van der Waals surface area (Å²) in [5, 5.41) is 23.0. The molecule has 3 heterocycles. The Morgan fingerprint density at radius 1 is 1.09 bits per heavy atom. The first-order valence-corrected chi connectivity index (χ1v) is 11.3. The van der Waals surface area contributed by atoms with Crippen molar-refractivity contribution in [1.82, 2.24) is 19.7 Å². The Morgan fingerprint density at radius 2 is 1.85 bits per heavy atom. The molecule has 2 saturated heterocycles. The summed E-state index contributed by atoms with van der Waals surface area (Å²) in [6.07, 6.45) is 3.74. The number of aromatic nitrogens is 1. The summed E-state index contributed by atoms with van der Waals surface area (Å²) in [4.78, 5) is 39.8. The molecular formula is C23H30N4O6. The lowest BCUT2D eigenvalue weighted by Gasteiger charge is -2.37. The van der Waals surface area contributed by atoms with Crippen LogP contribution in [0.3, 0.4) is 0 Å². The van der Waals surface area contributed by atoms with Crippen molar-refractivity contribution in [2.45, 2.75) is 31.5 Å². The molecule has 1 aromatic heterocycles. The molecule has 2 aliphatic heterocycles. The molecule has 3 N–H and O–H groups in total. The largest absolute Gasteiger partial charge is 0.480 e. The second kappa shape index (κ2) is 10.3. The molecule has 10 heteroatoms. The molecule has 1 amide bonds. The number of nitrogens with one attached hydrogen (secondary N) is 1. The van der Waals surface area contributed by atoms with Gasteiger partial charge in [-0.1, -0.05) is 18.2 Å². The number of ether oxygens (including phenoxy) is 1. The number of hydrogen-bond acceptors (Lipinski definition) is 6. The lowest BCUT2D eigenvalue weighted by molar-refractivity contribution is -0.144. The van der Waals surface area contributed by atoms with Crippen LogP contribution in [0.1, 0.15) is 24.4 Å². The maximum absolute atomic E-state index is 12.3. The van der Waals surface area contributed by atoms with Crippen molar-refractivity contribution in [3.05, 3.63) is 36.0 Å². The van der Waals surface area contributed by atoms with Crippen molar-refractivity contribution in [3.63, 3.8) is 0 Å². The number of rotatable bonds is 9. The Hall–Kier alpha value is -2.95. The van der Waals surface area contributed by atoms with Gasteiger partial charge < -0.3 is 24.8 Å². The highest BCUT2D eigenvalue weighted by Crippen LogP contribution is 2.31. The van der Waals surface area contributed by atoms with E-state index < -0.39 is 18.0 Å². The zero-order valence-electron chi connectivity index (χ0n) is 18.5. The van der Waals surface area contributed by atoms with Crippen LogP contribution in [0.2, 0.25) is 0 Å². The summed E-state index contributed by atoms with van der Waals surface area (Å²) in [6.45, 7) is 3.46. The van der Waals surface area contributed by atoms with Gasteiger partial charge in [-0.15, -0.1) is 0 Å². The number of hydrogen-bond donors (Lipinski definition) is 3. The van der Waals surface area contributed by atoms with Crippen LogP contribution in [0.4, 0.5) is 0 Å². The van der Waals surface area contributed by atoms with E-state index in [4.69, 9.17) is 4.74 Å². The Bertz CT molecular complexity index is 1010. The van der Waals surface area contributed by atoms with Crippen LogP contribution >= 0.6 is 0 Å². The van der Waals surface area contributed by atoms with Gasteiger partial charge in [0.05, 0.1) is 12.6 Å². The lowest BCUT2D eigenvalue weighted by Crippen LogP contribution is -2.51. The van der Waals surface area contributed by atoms with E-state index in [-0.39, 0.29) is 25.1 Å². The quantitative estimate of drug-likeness (QED) is 0.503. The molecule has 2 atom stereocenters. The van der Waals surface area contributed by atoms with Gasteiger partial charge in [-0.3, -0.25) is 24.2 Å². The molecule has 0 unspecified atom stereocenters. The number of amides is 1. The number of nitrogens with zero attached hydrogens (tertiary/aromatic N) is 3. The highest BCUT2D eigenvalue weighted by molar-refractivity contribution is 5.90. The zero-order chi connectivity index (χ0) is 23.4. The van der Waals surface area contributed by atoms with Gasteiger partial charge in [-0.05, 0) is 18.9 Å². The van der Waals surface area contributed by atoms with Crippen LogP contribution in [0.25, 0.3) is 10.9 Å². The van der Waals surface area contributed by atoms with E-state index in [1.165, 1.54) is 0 Å². The molecule has 0 aliphatic carbocycles. The van der Waals surface area contributed by atoms with Gasteiger partial charge in [0.1, 0.15) is 12.6 Å². The minimum absolute atomic E-state index is 0.0505. The van der Waals surface area contributed by atoms with E-state index in [1.54, 1.807) is 16.8 Å². The molecule has 1 aromatic carbocycles. The van der Waals surface area contributed by atoms with Crippen LogP contribution in [0, 0.1) is 0 Å². The average molecular weight is 459 g/mol. The summed E-state index contributed by atoms with van der Waals surface area (Å²) in [7, 11) is 0. The number of carboxylic acids is 2. The average Bonchev–Trinajstić information content (AvgIpc) is 3.42. The van der Waals surface area contributed by atoms with Crippen LogP contribution in [-0.4, -0.2) is 94.4 Å². The highest BCUT2D eigenvalue weighted by atomic mass is 16.5. The van der Waals surface area contributed by atoms with Gasteiger partial charge in [0.2, 0.25) is 5.91 Å². The zero-order valence-corrected chi connectivity index (χ0v) is 18.5. The van der Waals surface area contributed by atoms with Crippen LogP contribution in [-0.2, 0) is 25.7 Å². The number of carboxylic acid groups (broad SMARTS) is 2. The normalized spacial score (nSPS) is 20.7. The van der Waals surface area contributed by atoms with E-state index in [0.717, 1.165) is 24.8 Å². The van der Waals surface area contributed by atoms with Crippen molar-refractivity contribution in [2.24, 2.45) is 0 Å². The minimum atomic E-state index is -0.986. The fraction of sp³-hybridized carbons (Fsp3) is 0.522. The van der Waals surface area contributed by atoms with Gasteiger partial charge in [-0.2, -0.15) is 0 Å². The molecule has 0 radical (unpaired) electrons. The van der Waals surface area contributed by atoms with Crippen LogP contribution in [0.5, 0.6) is 0 Å². The van der Waals surface area contributed by atoms with Crippen LogP contribution in [0.15, 0.2) is 30.5 Å². The number of para-hydroxylation sites is 1. The highest BCUT2D eigenvalue weighted by Gasteiger charge is 2.33. The van der Waals surface area contributed by atoms with E-state index in [2.05, 4.69) is 5.32 Å². The van der Waals surface area contributed by atoms with E-state index in [0.29, 0.717) is 43.8 Å². The Labute approximate surface area is 191 Å². The first-order valence-electron chi connectivity index (χ1n) is 11.3. The second-order valence-electron chi connectivity index (χ2n) is 8.62. The van der Waals surface area contributed by atoms with Crippen molar-refractivity contribution >= 4 is 28.7 Å². The third kappa shape index (κ3) is 5.52. The fourth-order valence-electron chi connectivity index (χ4n) is 4.73. The van der Waals surface area contributed by atoms with Crippen molar-refractivity contribution in [1.29, 1.82) is 0 Å². The van der Waals surface area contributed by atoms with Crippen molar-refractivity contribution in [3.8, 4) is 0 Å². The van der Waals surface area contributed by atoms with E-state index >= 15 is 0 Å². The van der Waals surface area contributed by atoms with Crippen LogP contribution < -0.4 is 5.32 Å². The van der Waals surface area contributed by atoms with E-state index in [1.807, 2.05) is 28.0 Å². The predicted octanol–water partition coefficient (Wildman–Crippen LogP) is 0.764. The van der Waals surface area contributed by atoms with Gasteiger partial charge in [-0.25, -0.2) is 0 Å². The molecule has 10 nitrogen and oxygen atoms in total. The number of carbonyl (C=O) groups is 3. The maximum atomic E-state index is 12.3. The molecular weight excluding hydrogens is 428 g/mol. The Morgan fingerprint density at radius 3 is 2.52 bits per heavy atom. The molecule has 0 saturated carbocycles. The van der Waals surface area contributed by atoms with Crippen molar-refractivity contribution < 1.29 is 29.3 Å². The first-order chi connectivity index (χ1) is 15.9. The Kier molecular flexibility index (Phi) is 7.26. The third-order valence-electron chi connectivity index (χ3n) is 6.34. The third-order valence-corrected chi connectivity index (χ3v) is 6.34. The fourth-order valence-corrected chi connectivity index (χ4v) is 4.73. The number of benzene rings is 1. The monoisotopic (exact) mass is 458 g/mol. The summed E-state index contributed by atoms with van der Waals surface area (Å²) in [5.41, 5.74) is 1.28. The Balaban J connectivity index is 1.40. The smallest absolute Gasteiger partial charge is 0.325 e. The van der Waals surface area contributed by atoms with Gasteiger partial charge >= 0.3 is 11.9 Å². The van der Waals surface area contributed by atoms with Gasteiger partial charge in [0, 0.05) is 62.0 Å². The molecule has 33 heavy (non-hydrogen) atoms. The van der Waals surface area contributed by atoms with Gasteiger partial charge in [0.15, 0.2) is 0 Å². The summed E-state index contributed by atoms with van der Waals surface area (Å²) < 4.78 is 7.11. The standard InChI is InChI=1S/C23H30N4O6/c28-20(24-12-16-4-3-11-33-16)14-25-7-9-26(10-8-25)22(23(31)32)18-13-27(15-21(29)30)19-6-2-1-5-17(18)19/h1-2,5-6,13,16,22H,3-4,7-12,14-15H2,(H,24,28)(H,29,30)(H,31,32)/t16-,22+/m0/s1. The molecule has 4 rings (SSSR count). The number of aliphatic carboxylic acids is 2. The number of piperazine rings is 1. The SMILES string of the molecule is O=C(O)Cn1cc([C@H](C(=O)O)N2CCN(CC(=O)NC[C@@H]3CCCO3)CC2)c2ccccc21. The van der Waals surface area contributed by atoms with E-state index in [9.17, 15) is 24.6 Å². The molecule has 0 spiro atoms. The van der Waals surface area contributed by atoms with Gasteiger partial charge in [0.25, 0.3) is 0 Å². The molecule has 178 valence electrons. The molecule has 2 aromatic rings. The maximum Gasteiger partial charge on any atom is 0.325 e. The second-order valence-corrected chi connectivity index (χ2v) is 8.62. The predicted molar refractivity (Wildman–Crippen MR) is 120 cm³/mol. The van der Waals surface area contributed by atoms with Crippen molar-refractivity contribution in [2.75, 3.05) is 45.9 Å². The number of carbonyl (C=O) groups excluding carboxylic acids is 1. The summed E-state index contributed by atoms with van der Waals surface area (Å²) in [6, 6.07) is 6.37. The topological polar surface area (TPSA) is 124 Å². The molecule has 2 fully saturated rings.